The lowest BCUT2D eigenvalue weighted by atomic mass is 9.90. The average Bonchev–Trinajstić information content (AvgIpc) is 3.08. The quantitative estimate of drug-likeness (QED) is 0.841. The van der Waals surface area contributed by atoms with Crippen LogP contribution in [0.3, 0.4) is 0 Å². The minimum Gasteiger partial charge on any atom is -0.489 e. The maximum absolute atomic E-state index is 12.9. The van der Waals surface area contributed by atoms with E-state index in [1.165, 1.54) is 4.90 Å². The van der Waals surface area contributed by atoms with E-state index in [9.17, 15) is 9.59 Å². The van der Waals surface area contributed by atoms with Crippen LogP contribution in [0.5, 0.6) is 5.75 Å². The van der Waals surface area contributed by atoms with Crippen LogP contribution in [0.25, 0.3) is 0 Å². The zero-order valence-electron chi connectivity index (χ0n) is 16.2. The summed E-state index contributed by atoms with van der Waals surface area (Å²) in [5.41, 5.74) is 2.33. The lowest BCUT2D eigenvalue weighted by Crippen LogP contribution is -2.49. The van der Waals surface area contributed by atoms with E-state index < -0.39 is 6.04 Å². The number of amides is 2. The molecule has 4 rings (SSSR count). The highest BCUT2D eigenvalue weighted by molar-refractivity contribution is 6.03. The summed E-state index contributed by atoms with van der Waals surface area (Å²) in [7, 11) is 1.68. The molecule has 0 aliphatic carbocycles. The van der Waals surface area contributed by atoms with Gasteiger partial charge in [-0.15, -0.1) is 0 Å². The molecule has 2 aliphatic rings. The second-order valence-corrected chi connectivity index (χ2v) is 7.50. The number of anilines is 1. The van der Waals surface area contributed by atoms with Gasteiger partial charge in [-0.1, -0.05) is 19.1 Å². The van der Waals surface area contributed by atoms with E-state index in [1.807, 2.05) is 25.1 Å². The molecule has 2 aromatic rings. The second-order valence-electron chi connectivity index (χ2n) is 7.50. The van der Waals surface area contributed by atoms with E-state index in [0.717, 1.165) is 17.7 Å². The molecule has 0 saturated heterocycles. The summed E-state index contributed by atoms with van der Waals surface area (Å²) in [5, 5.41) is 9.87. The number of carbonyl (C=O) groups excluding carboxylic acids is 2. The molecule has 0 spiro atoms. The van der Waals surface area contributed by atoms with Crippen LogP contribution in [0, 0.1) is 0 Å². The van der Waals surface area contributed by atoms with Gasteiger partial charge in [-0.05, 0) is 25.5 Å². The predicted molar refractivity (Wildman–Crippen MR) is 102 cm³/mol. The molecule has 2 unspecified atom stereocenters. The van der Waals surface area contributed by atoms with Crippen molar-refractivity contribution in [3.05, 3.63) is 41.2 Å². The summed E-state index contributed by atoms with van der Waals surface area (Å²) in [4.78, 5) is 27.3. The highest BCUT2D eigenvalue weighted by atomic mass is 16.5. The first-order valence-electron chi connectivity index (χ1n) is 9.42. The highest BCUT2D eigenvalue weighted by Gasteiger charge is 2.36. The van der Waals surface area contributed by atoms with Crippen LogP contribution in [0.15, 0.2) is 24.3 Å². The topological polar surface area (TPSA) is 96.5 Å². The van der Waals surface area contributed by atoms with Gasteiger partial charge < -0.3 is 19.7 Å². The molecule has 2 atom stereocenters. The summed E-state index contributed by atoms with van der Waals surface area (Å²) < 4.78 is 11.6. The molecule has 2 N–H and O–H groups in total. The Hall–Kier alpha value is -2.87. The number of hydrogen-bond donors (Lipinski definition) is 2. The fourth-order valence-electron chi connectivity index (χ4n) is 3.58. The normalized spacial score (nSPS) is 24.0. The Morgan fingerprint density at radius 1 is 1.43 bits per heavy atom. The van der Waals surface area contributed by atoms with Crippen molar-refractivity contribution in [1.29, 1.82) is 0 Å². The van der Waals surface area contributed by atoms with Crippen LogP contribution in [-0.4, -0.2) is 47.3 Å². The monoisotopic (exact) mass is 384 g/mol. The zero-order valence-corrected chi connectivity index (χ0v) is 16.2. The first-order chi connectivity index (χ1) is 13.4. The highest BCUT2D eigenvalue weighted by Crippen LogP contribution is 2.32. The van der Waals surface area contributed by atoms with Gasteiger partial charge in [0.05, 0.1) is 23.6 Å². The van der Waals surface area contributed by atoms with E-state index in [2.05, 4.69) is 22.4 Å². The first kappa shape index (κ1) is 18.5. The van der Waals surface area contributed by atoms with Gasteiger partial charge in [0, 0.05) is 19.0 Å². The number of H-pyrrole nitrogens is 1. The number of aromatic amines is 1. The molecule has 8 nitrogen and oxygen atoms in total. The fourth-order valence-corrected chi connectivity index (χ4v) is 3.58. The maximum atomic E-state index is 12.9. The molecule has 0 saturated carbocycles. The van der Waals surface area contributed by atoms with Gasteiger partial charge in [0.15, 0.2) is 5.69 Å². The molecular formula is C20H24N4O4. The standard InChI is InChI=1S/C20H24N4O4/c1-4-20(2)9-12-13(11-28-20)22-23-17(12)18(25)21-14-10-27-16-8-6-5-7-15(16)24(3)19(14)26/h5-8,14H,4,9-11H2,1-3H3,(H,21,25)(H,22,23). The summed E-state index contributed by atoms with van der Waals surface area (Å²) in [6.07, 6.45) is 1.43. The Morgan fingerprint density at radius 2 is 2.21 bits per heavy atom. The molecule has 2 aliphatic heterocycles. The number of para-hydroxylation sites is 2. The molecule has 3 heterocycles. The summed E-state index contributed by atoms with van der Waals surface area (Å²) >= 11 is 0. The van der Waals surface area contributed by atoms with Gasteiger partial charge in [-0.3, -0.25) is 14.7 Å². The number of hydrogen-bond acceptors (Lipinski definition) is 5. The van der Waals surface area contributed by atoms with Crippen LogP contribution in [0.2, 0.25) is 0 Å². The van der Waals surface area contributed by atoms with Crippen LogP contribution >= 0.6 is 0 Å². The van der Waals surface area contributed by atoms with Gasteiger partial charge in [0.25, 0.3) is 11.8 Å². The minimum atomic E-state index is -0.797. The van der Waals surface area contributed by atoms with Crippen LogP contribution in [0.4, 0.5) is 5.69 Å². The van der Waals surface area contributed by atoms with E-state index >= 15 is 0 Å². The Balaban J connectivity index is 1.54. The van der Waals surface area contributed by atoms with Crippen molar-refractivity contribution in [2.75, 3.05) is 18.6 Å². The van der Waals surface area contributed by atoms with Crippen molar-refractivity contribution in [2.45, 2.75) is 44.9 Å². The fraction of sp³-hybridized carbons (Fsp3) is 0.450. The lowest BCUT2D eigenvalue weighted by Gasteiger charge is -2.32. The molecular weight excluding hydrogens is 360 g/mol. The number of likely N-dealkylation sites (N-methyl/N-ethyl adjacent to an activating group) is 1. The molecule has 0 fully saturated rings. The third-order valence-electron chi connectivity index (χ3n) is 5.60. The molecule has 148 valence electrons. The SMILES string of the molecule is CCC1(C)Cc2c(C(=O)NC3COc4ccccc4N(C)C3=O)n[nH]c2CO1. The smallest absolute Gasteiger partial charge is 0.272 e. The van der Waals surface area contributed by atoms with E-state index in [1.54, 1.807) is 13.1 Å². The number of nitrogens with zero attached hydrogens (tertiary/aromatic N) is 2. The number of nitrogens with one attached hydrogen (secondary N) is 2. The van der Waals surface area contributed by atoms with Crippen LogP contribution in [-0.2, 0) is 22.6 Å². The second kappa shape index (κ2) is 6.94. The van der Waals surface area contributed by atoms with E-state index in [0.29, 0.717) is 30.2 Å². The van der Waals surface area contributed by atoms with Crippen molar-refractivity contribution in [3.63, 3.8) is 0 Å². The minimum absolute atomic E-state index is 0.0638. The molecule has 0 radical (unpaired) electrons. The Morgan fingerprint density at radius 3 is 3.00 bits per heavy atom. The number of ether oxygens (including phenoxy) is 2. The summed E-state index contributed by atoms with van der Waals surface area (Å²) in [6.45, 7) is 4.54. The largest absolute Gasteiger partial charge is 0.489 e. The molecule has 1 aromatic carbocycles. The predicted octanol–water partition coefficient (Wildman–Crippen LogP) is 1.80. The Kier molecular flexibility index (Phi) is 4.58. The number of rotatable bonds is 3. The number of fused-ring (bicyclic) bond motifs is 2. The number of benzene rings is 1. The van der Waals surface area contributed by atoms with Crippen molar-refractivity contribution in [3.8, 4) is 5.75 Å². The van der Waals surface area contributed by atoms with Crippen LogP contribution < -0.4 is 15.0 Å². The third-order valence-corrected chi connectivity index (χ3v) is 5.60. The third kappa shape index (κ3) is 3.13. The van der Waals surface area contributed by atoms with Gasteiger partial charge in [0.2, 0.25) is 0 Å². The molecule has 0 bridgehead atoms. The van der Waals surface area contributed by atoms with Gasteiger partial charge >= 0.3 is 0 Å². The van der Waals surface area contributed by atoms with E-state index in [4.69, 9.17) is 9.47 Å². The van der Waals surface area contributed by atoms with Crippen molar-refractivity contribution in [1.82, 2.24) is 15.5 Å². The maximum Gasteiger partial charge on any atom is 0.272 e. The van der Waals surface area contributed by atoms with Crippen molar-refractivity contribution >= 4 is 17.5 Å². The Labute approximate surface area is 163 Å². The molecule has 1 aromatic heterocycles. The molecule has 28 heavy (non-hydrogen) atoms. The zero-order chi connectivity index (χ0) is 19.9. The number of carbonyl (C=O) groups is 2. The molecule has 2 amide bonds. The summed E-state index contributed by atoms with van der Waals surface area (Å²) in [5.74, 6) is -0.00768. The van der Waals surface area contributed by atoms with Crippen molar-refractivity contribution < 1.29 is 19.1 Å². The Bertz CT molecular complexity index is 925. The van der Waals surface area contributed by atoms with Crippen molar-refractivity contribution in [2.24, 2.45) is 0 Å². The average molecular weight is 384 g/mol. The van der Waals surface area contributed by atoms with Gasteiger partial charge in [0.1, 0.15) is 18.4 Å². The number of aromatic nitrogens is 2. The van der Waals surface area contributed by atoms with Gasteiger partial charge in [-0.2, -0.15) is 5.10 Å². The summed E-state index contributed by atoms with van der Waals surface area (Å²) in [6, 6.07) is 6.51. The van der Waals surface area contributed by atoms with Crippen LogP contribution in [0.1, 0.15) is 42.0 Å². The molecule has 8 heteroatoms. The first-order valence-corrected chi connectivity index (χ1v) is 9.42. The van der Waals surface area contributed by atoms with Gasteiger partial charge in [-0.25, -0.2) is 0 Å². The lowest BCUT2D eigenvalue weighted by molar-refractivity contribution is -0.120. The van der Waals surface area contributed by atoms with E-state index in [-0.39, 0.29) is 24.0 Å².